The molecule has 0 fully saturated rings. The average molecular weight is 713 g/mol. The molecular formula is C48H40S3. The van der Waals surface area contributed by atoms with Crippen LogP contribution in [0.1, 0.15) is 52.7 Å². The third kappa shape index (κ3) is 6.02. The van der Waals surface area contributed by atoms with Crippen LogP contribution in [0.3, 0.4) is 0 Å². The smallest absolute Gasteiger partial charge is 0.0369 e. The van der Waals surface area contributed by atoms with Crippen LogP contribution in [0, 0.1) is 0 Å². The zero-order chi connectivity index (χ0) is 35.1. The Morgan fingerprint density at radius 2 is 0.627 bits per heavy atom. The lowest BCUT2D eigenvalue weighted by molar-refractivity contribution is 0.590. The molecule has 6 aromatic carbocycles. The second-order valence-corrected chi connectivity index (χ2v) is 19.2. The van der Waals surface area contributed by atoms with Gasteiger partial charge in [0.15, 0.2) is 0 Å². The van der Waals surface area contributed by atoms with Gasteiger partial charge in [-0.25, -0.2) is 0 Å². The van der Waals surface area contributed by atoms with Gasteiger partial charge < -0.3 is 0 Å². The molecule has 0 nitrogen and oxygen atoms in total. The van der Waals surface area contributed by atoms with E-state index in [9.17, 15) is 0 Å². The molecule has 0 saturated heterocycles. The van der Waals surface area contributed by atoms with E-state index in [1.807, 2.05) is 34.0 Å². The van der Waals surface area contributed by atoms with Gasteiger partial charge in [-0.05, 0) is 103 Å². The Morgan fingerprint density at radius 3 is 0.961 bits per heavy atom. The summed E-state index contributed by atoms with van der Waals surface area (Å²) in [5.41, 5.74) is 10.7. The molecule has 0 unspecified atom stereocenters. The topological polar surface area (TPSA) is 0 Å². The highest BCUT2D eigenvalue weighted by atomic mass is 32.1. The van der Waals surface area contributed by atoms with E-state index in [1.165, 1.54) is 94.6 Å². The maximum atomic E-state index is 2.42. The SMILES string of the molecule is CC(C)(C)c1ccc(-c2ccc(-c3cc4cc5c(cc4s3)sc3cc4sc(-c6ccc(-c7ccc(C(C)(C)C)cc7)cc6)cc4cc35)cc2)cc1. The van der Waals surface area contributed by atoms with Crippen LogP contribution in [0.15, 0.2) is 133 Å². The molecule has 51 heavy (non-hydrogen) atoms. The third-order valence-corrected chi connectivity index (χ3v) is 13.7. The number of hydrogen-bond acceptors (Lipinski definition) is 3. The fourth-order valence-corrected chi connectivity index (χ4v) is 10.6. The summed E-state index contributed by atoms with van der Waals surface area (Å²) in [6, 6.07) is 50.6. The van der Waals surface area contributed by atoms with Crippen molar-refractivity contribution >= 4 is 74.4 Å². The largest absolute Gasteiger partial charge is 0.135 e. The van der Waals surface area contributed by atoms with Crippen LogP contribution in [0.2, 0.25) is 0 Å². The normalized spacial score (nSPS) is 12.5. The van der Waals surface area contributed by atoms with Crippen LogP contribution in [-0.4, -0.2) is 0 Å². The Labute approximate surface area is 312 Å². The molecule has 0 atom stereocenters. The van der Waals surface area contributed by atoms with E-state index >= 15 is 0 Å². The van der Waals surface area contributed by atoms with Gasteiger partial charge in [-0.3, -0.25) is 0 Å². The fraction of sp³-hybridized carbons (Fsp3) is 0.167. The van der Waals surface area contributed by atoms with Crippen molar-refractivity contribution in [3.8, 4) is 43.1 Å². The van der Waals surface area contributed by atoms with Crippen LogP contribution in [0.25, 0.3) is 83.5 Å². The van der Waals surface area contributed by atoms with Crippen molar-refractivity contribution in [2.45, 2.75) is 52.4 Å². The molecule has 0 saturated carbocycles. The number of hydrogen-bond donors (Lipinski definition) is 0. The van der Waals surface area contributed by atoms with Crippen molar-refractivity contribution in [2.75, 3.05) is 0 Å². The van der Waals surface area contributed by atoms with Gasteiger partial charge in [0.25, 0.3) is 0 Å². The van der Waals surface area contributed by atoms with E-state index < -0.39 is 0 Å². The zero-order valence-electron chi connectivity index (χ0n) is 29.9. The van der Waals surface area contributed by atoms with E-state index in [1.54, 1.807) is 0 Å². The molecule has 0 aliphatic carbocycles. The molecular weight excluding hydrogens is 673 g/mol. The van der Waals surface area contributed by atoms with E-state index in [-0.39, 0.29) is 10.8 Å². The number of rotatable bonds is 4. The van der Waals surface area contributed by atoms with E-state index in [0.717, 1.165) is 0 Å². The molecule has 9 aromatic rings. The van der Waals surface area contributed by atoms with Crippen molar-refractivity contribution in [1.82, 2.24) is 0 Å². The molecule has 0 amide bonds. The molecule has 3 heterocycles. The standard InChI is InChI=1S/C48H40S3/c1-47(2,3)37-19-15-31(16-20-37)29-7-11-33(12-8-29)41-25-35-23-39-40-24-36-26-42(50-44(36)28-46(40)51-45(39)27-43(35)49-41)34-13-9-30(10-14-34)32-17-21-38(22-18-32)48(4,5)6/h7-28H,1-6H3. The van der Waals surface area contributed by atoms with Crippen molar-refractivity contribution < 1.29 is 0 Å². The van der Waals surface area contributed by atoms with Gasteiger partial charge in [0.1, 0.15) is 0 Å². The summed E-state index contributed by atoms with van der Waals surface area (Å²) in [4.78, 5) is 2.64. The Kier molecular flexibility index (Phi) is 7.63. The summed E-state index contributed by atoms with van der Waals surface area (Å²) >= 11 is 5.71. The molecule has 0 bridgehead atoms. The van der Waals surface area contributed by atoms with Gasteiger partial charge in [0.2, 0.25) is 0 Å². The zero-order valence-corrected chi connectivity index (χ0v) is 32.4. The Hall–Kier alpha value is -4.54. The summed E-state index contributed by atoms with van der Waals surface area (Å²) in [5, 5.41) is 5.36. The Bertz CT molecular complexity index is 2510. The fourth-order valence-electron chi connectivity index (χ4n) is 7.11. The highest BCUT2D eigenvalue weighted by molar-refractivity contribution is 7.27. The van der Waals surface area contributed by atoms with E-state index in [4.69, 9.17) is 0 Å². The molecule has 0 aliphatic rings. The highest BCUT2D eigenvalue weighted by Crippen LogP contribution is 2.44. The predicted octanol–water partition coefficient (Wildman–Crippen LogP) is 15.7. The van der Waals surface area contributed by atoms with Gasteiger partial charge in [0, 0.05) is 39.3 Å². The first-order chi connectivity index (χ1) is 24.5. The quantitative estimate of drug-likeness (QED) is 0.170. The van der Waals surface area contributed by atoms with Gasteiger partial charge >= 0.3 is 0 Å². The summed E-state index contributed by atoms with van der Waals surface area (Å²) in [6.07, 6.45) is 0. The lowest BCUT2D eigenvalue weighted by atomic mass is 9.86. The average Bonchev–Trinajstić information content (AvgIpc) is 3.83. The molecule has 0 N–H and O–H groups in total. The van der Waals surface area contributed by atoms with Crippen molar-refractivity contribution in [1.29, 1.82) is 0 Å². The number of benzene rings is 6. The van der Waals surface area contributed by atoms with Crippen LogP contribution < -0.4 is 0 Å². The van der Waals surface area contributed by atoms with Crippen molar-refractivity contribution in [3.05, 3.63) is 145 Å². The highest BCUT2D eigenvalue weighted by Gasteiger charge is 2.16. The minimum Gasteiger partial charge on any atom is -0.135 e. The van der Waals surface area contributed by atoms with Gasteiger partial charge in [-0.1, -0.05) is 139 Å². The molecule has 9 rings (SSSR count). The third-order valence-electron chi connectivity index (χ3n) is 10.3. The van der Waals surface area contributed by atoms with E-state index in [0.29, 0.717) is 0 Å². The summed E-state index contributed by atoms with van der Waals surface area (Å²) in [7, 11) is 0. The number of thiophene rings is 3. The maximum Gasteiger partial charge on any atom is 0.0369 e. The lowest BCUT2D eigenvalue weighted by Crippen LogP contribution is -2.10. The Morgan fingerprint density at radius 1 is 0.314 bits per heavy atom. The molecule has 0 radical (unpaired) electrons. The Balaban J connectivity index is 0.990. The van der Waals surface area contributed by atoms with Crippen molar-refractivity contribution in [2.24, 2.45) is 0 Å². The minimum absolute atomic E-state index is 0.165. The first kappa shape index (κ1) is 32.4. The first-order valence-corrected chi connectivity index (χ1v) is 20.2. The summed E-state index contributed by atoms with van der Waals surface area (Å²) in [5.74, 6) is 0. The molecule has 0 aliphatic heterocycles. The second-order valence-electron chi connectivity index (χ2n) is 15.9. The van der Waals surface area contributed by atoms with Crippen LogP contribution >= 0.6 is 34.0 Å². The summed E-state index contributed by atoms with van der Waals surface area (Å²) in [6.45, 7) is 13.6. The predicted molar refractivity (Wildman–Crippen MR) is 229 cm³/mol. The molecule has 3 aromatic heterocycles. The van der Waals surface area contributed by atoms with Gasteiger partial charge in [-0.15, -0.1) is 34.0 Å². The number of fused-ring (bicyclic) bond motifs is 5. The minimum atomic E-state index is 0.165. The van der Waals surface area contributed by atoms with Crippen LogP contribution in [0.4, 0.5) is 0 Å². The maximum absolute atomic E-state index is 2.42. The monoisotopic (exact) mass is 712 g/mol. The van der Waals surface area contributed by atoms with Crippen LogP contribution in [-0.2, 0) is 10.8 Å². The first-order valence-electron chi connectivity index (χ1n) is 17.7. The second kappa shape index (κ2) is 12.0. The van der Waals surface area contributed by atoms with Gasteiger partial charge in [-0.2, -0.15) is 0 Å². The van der Waals surface area contributed by atoms with Crippen LogP contribution in [0.5, 0.6) is 0 Å². The van der Waals surface area contributed by atoms with Crippen molar-refractivity contribution in [3.63, 3.8) is 0 Å². The summed E-state index contributed by atoms with van der Waals surface area (Å²) < 4.78 is 5.43. The lowest BCUT2D eigenvalue weighted by Gasteiger charge is -2.19. The van der Waals surface area contributed by atoms with E-state index in [2.05, 4.69) is 175 Å². The van der Waals surface area contributed by atoms with Gasteiger partial charge in [0.05, 0.1) is 0 Å². The molecule has 250 valence electrons. The molecule has 3 heteroatoms. The molecule has 0 spiro atoms.